The third-order valence-corrected chi connectivity index (χ3v) is 3.24. The van der Waals surface area contributed by atoms with Crippen LogP contribution in [-0.2, 0) is 4.79 Å². The van der Waals surface area contributed by atoms with E-state index >= 15 is 0 Å². The van der Waals surface area contributed by atoms with Crippen molar-refractivity contribution in [2.24, 2.45) is 5.73 Å². The molecule has 2 atom stereocenters. The average Bonchev–Trinajstić information content (AvgIpc) is 2.60. The fourth-order valence-corrected chi connectivity index (χ4v) is 2.20. The molecule has 0 aromatic heterocycles. The molecule has 1 rings (SSSR count). The van der Waals surface area contributed by atoms with Crippen molar-refractivity contribution in [3.8, 4) is 0 Å². The van der Waals surface area contributed by atoms with Gasteiger partial charge in [0.25, 0.3) is 0 Å². The van der Waals surface area contributed by atoms with Gasteiger partial charge < -0.3 is 10.6 Å². The molecule has 1 aliphatic carbocycles. The molecular formula is C11H23N3O. The third-order valence-electron chi connectivity index (χ3n) is 3.24. The fraction of sp³-hybridized carbons (Fsp3) is 0.909. The summed E-state index contributed by atoms with van der Waals surface area (Å²) in [6.07, 6.45) is 3.42. The van der Waals surface area contributed by atoms with Crippen molar-refractivity contribution >= 4 is 5.91 Å². The molecule has 4 heteroatoms. The van der Waals surface area contributed by atoms with E-state index in [1.807, 2.05) is 0 Å². The second-order valence-corrected chi connectivity index (χ2v) is 4.51. The van der Waals surface area contributed by atoms with Crippen LogP contribution in [0.4, 0.5) is 0 Å². The molecule has 0 aliphatic heterocycles. The summed E-state index contributed by atoms with van der Waals surface area (Å²) < 4.78 is 0. The maximum atomic E-state index is 11.6. The Balaban J connectivity index is 2.51. The van der Waals surface area contributed by atoms with Gasteiger partial charge in [0.2, 0.25) is 5.91 Å². The minimum Gasteiger partial charge on any atom is -0.348 e. The summed E-state index contributed by atoms with van der Waals surface area (Å²) in [7, 11) is 3.59. The number of hydrogen-bond acceptors (Lipinski definition) is 3. The first-order valence-electron chi connectivity index (χ1n) is 5.76. The molecule has 0 heterocycles. The highest BCUT2D eigenvalue weighted by Gasteiger charge is 2.29. The zero-order chi connectivity index (χ0) is 11.4. The van der Waals surface area contributed by atoms with Crippen LogP contribution >= 0.6 is 0 Å². The van der Waals surface area contributed by atoms with Crippen molar-refractivity contribution in [3.63, 3.8) is 0 Å². The number of carbonyl (C=O) groups excluding carboxylic acids is 1. The number of nitrogens with zero attached hydrogens (tertiary/aromatic N) is 2. The lowest BCUT2D eigenvalue weighted by Gasteiger charge is -2.30. The van der Waals surface area contributed by atoms with Crippen LogP contribution < -0.4 is 5.73 Å². The zero-order valence-corrected chi connectivity index (χ0v) is 10.1. The van der Waals surface area contributed by atoms with Crippen LogP contribution in [0.15, 0.2) is 0 Å². The van der Waals surface area contributed by atoms with E-state index in [-0.39, 0.29) is 11.9 Å². The highest BCUT2D eigenvalue weighted by atomic mass is 16.2. The van der Waals surface area contributed by atoms with E-state index in [1.54, 1.807) is 19.0 Å². The summed E-state index contributed by atoms with van der Waals surface area (Å²) in [4.78, 5) is 15.5. The van der Waals surface area contributed by atoms with E-state index < -0.39 is 0 Å². The second kappa shape index (κ2) is 5.47. The molecule has 1 amide bonds. The molecule has 1 fully saturated rings. The summed E-state index contributed by atoms with van der Waals surface area (Å²) >= 11 is 0. The van der Waals surface area contributed by atoms with Crippen LogP contribution in [0.1, 0.15) is 26.2 Å². The van der Waals surface area contributed by atoms with Gasteiger partial charge in [-0.2, -0.15) is 0 Å². The summed E-state index contributed by atoms with van der Waals surface area (Å²) in [5.74, 6) is 0.163. The lowest BCUT2D eigenvalue weighted by atomic mass is 10.1. The van der Waals surface area contributed by atoms with Crippen molar-refractivity contribution in [1.29, 1.82) is 0 Å². The van der Waals surface area contributed by atoms with E-state index in [9.17, 15) is 4.79 Å². The molecule has 0 aromatic rings. The Morgan fingerprint density at radius 1 is 1.40 bits per heavy atom. The van der Waals surface area contributed by atoms with Crippen molar-refractivity contribution in [3.05, 3.63) is 0 Å². The molecule has 0 spiro atoms. The van der Waals surface area contributed by atoms with Crippen molar-refractivity contribution in [1.82, 2.24) is 9.80 Å². The highest BCUT2D eigenvalue weighted by molar-refractivity contribution is 5.77. The molecule has 88 valence electrons. The van der Waals surface area contributed by atoms with Crippen LogP contribution in [0.3, 0.4) is 0 Å². The summed E-state index contributed by atoms with van der Waals surface area (Å²) in [5.41, 5.74) is 6.04. The van der Waals surface area contributed by atoms with Gasteiger partial charge in [-0.05, 0) is 19.4 Å². The first kappa shape index (κ1) is 12.5. The molecule has 2 unspecified atom stereocenters. The Kier molecular flexibility index (Phi) is 4.54. The van der Waals surface area contributed by atoms with Crippen LogP contribution in [0.5, 0.6) is 0 Å². The molecule has 2 N–H and O–H groups in total. The quantitative estimate of drug-likeness (QED) is 0.729. The number of nitrogens with two attached hydrogens (primary N) is 1. The molecule has 0 bridgehead atoms. The maximum absolute atomic E-state index is 11.6. The predicted molar refractivity (Wildman–Crippen MR) is 61.6 cm³/mol. The Morgan fingerprint density at radius 3 is 2.47 bits per heavy atom. The normalized spacial score (nSPS) is 25.9. The van der Waals surface area contributed by atoms with E-state index in [1.165, 1.54) is 6.42 Å². The molecule has 1 aliphatic rings. The van der Waals surface area contributed by atoms with Gasteiger partial charge in [0, 0.05) is 26.2 Å². The third kappa shape index (κ3) is 3.18. The summed E-state index contributed by atoms with van der Waals surface area (Å²) in [6.45, 7) is 3.49. The zero-order valence-electron chi connectivity index (χ0n) is 10.1. The first-order valence-corrected chi connectivity index (χ1v) is 5.76. The predicted octanol–water partition coefficient (Wildman–Crippen LogP) is 0.276. The minimum absolute atomic E-state index is 0.163. The second-order valence-electron chi connectivity index (χ2n) is 4.51. The maximum Gasteiger partial charge on any atom is 0.236 e. The molecule has 0 saturated heterocycles. The van der Waals surface area contributed by atoms with Gasteiger partial charge in [-0.1, -0.05) is 13.3 Å². The Bertz CT molecular complexity index is 218. The van der Waals surface area contributed by atoms with Gasteiger partial charge in [-0.25, -0.2) is 0 Å². The lowest BCUT2D eigenvalue weighted by molar-refractivity contribution is -0.130. The Morgan fingerprint density at radius 2 is 2.07 bits per heavy atom. The van der Waals surface area contributed by atoms with E-state index in [2.05, 4.69) is 11.8 Å². The molecule has 0 aromatic carbocycles. The fourth-order valence-electron chi connectivity index (χ4n) is 2.20. The van der Waals surface area contributed by atoms with Crippen LogP contribution in [0.2, 0.25) is 0 Å². The van der Waals surface area contributed by atoms with Gasteiger partial charge in [-0.3, -0.25) is 9.69 Å². The molecule has 0 radical (unpaired) electrons. The van der Waals surface area contributed by atoms with Crippen molar-refractivity contribution < 1.29 is 4.79 Å². The number of rotatable bonds is 4. The van der Waals surface area contributed by atoms with Gasteiger partial charge in [-0.15, -0.1) is 0 Å². The average molecular weight is 213 g/mol. The lowest BCUT2D eigenvalue weighted by Crippen LogP contribution is -2.48. The number of likely N-dealkylation sites (N-methyl/N-ethyl adjacent to an activating group) is 2. The molecular weight excluding hydrogens is 190 g/mol. The van der Waals surface area contributed by atoms with Crippen LogP contribution in [0.25, 0.3) is 0 Å². The van der Waals surface area contributed by atoms with E-state index in [0.29, 0.717) is 12.6 Å². The molecule has 4 nitrogen and oxygen atoms in total. The van der Waals surface area contributed by atoms with E-state index in [0.717, 1.165) is 19.4 Å². The summed E-state index contributed by atoms with van der Waals surface area (Å²) in [5, 5.41) is 0. The standard InChI is InChI=1S/C11H23N3O/c1-4-14(8-11(15)13(2)3)10-7-5-6-9(10)12/h9-10H,4-8,12H2,1-3H3. The minimum atomic E-state index is 0.163. The van der Waals surface area contributed by atoms with Gasteiger partial charge in [0.15, 0.2) is 0 Å². The van der Waals surface area contributed by atoms with Gasteiger partial charge in [0.05, 0.1) is 6.54 Å². The van der Waals surface area contributed by atoms with Crippen molar-refractivity contribution in [2.45, 2.75) is 38.3 Å². The van der Waals surface area contributed by atoms with Gasteiger partial charge in [0.1, 0.15) is 0 Å². The largest absolute Gasteiger partial charge is 0.348 e. The van der Waals surface area contributed by atoms with Crippen LogP contribution in [-0.4, -0.2) is 55.0 Å². The molecule has 15 heavy (non-hydrogen) atoms. The first-order chi connectivity index (χ1) is 7.06. The Labute approximate surface area is 92.4 Å². The van der Waals surface area contributed by atoms with E-state index in [4.69, 9.17) is 5.73 Å². The Hall–Kier alpha value is -0.610. The van der Waals surface area contributed by atoms with Crippen molar-refractivity contribution in [2.75, 3.05) is 27.2 Å². The number of amides is 1. The summed E-state index contributed by atoms with van der Waals surface area (Å²) in [6, 6.07) is 0.652. The van der Waals surface area contributed by atoms with Gasteiger partial charge >= 0.3 is 0 Å². The number of hydrogen-bond donors (Lipinski definition) is 1. The highest BCUT2D eigenvalue weighted by Crippen LogP contribution is 2.22. The smallest absolute Gasteiger partial charge is 0.236 e. The monoisotopic (exact) mass is 213 g/mol. The van der Waals surface area contributed by atoms with Crippen LogP contribution in [0, 0.1) is 0 Å². The number of carbonyl (C=O) groups is 1. The SMILES string of the molecule is CCN(CC(=O)N(C)C)C1CCCC1N. The molecule has 1 saturated carbocycles. The topological polar surface area (TPSA) is 49.6 Å².